The van der Waals surface area contributed by atoms with Crippen molar-refractivity contribution >= 4 is 23.5 Å². The van der Waals surface area contributed by atoms with E-state index in [2.05, 4.69) is 10.4 Å². The van der Waals surface area contributed by atoms with Gasteiger partial charge in [0.25, 0.3) is 11.5 Å². The molecule has 0 aromatic carbocycles. The van der Waals surface area contributed by atoms with Gasteiger partial charge in [0, 0.05) is 24.2 Å². The Kier molecular flexibility index (Phi) is 4.54. The van der Waals surface area contributed by atoms with Crippen molar-refractivity contribution in [3.05, 3.63) is 33.8 Å². The molecule has 2 aromatic rings. The minimum Gasteiger partial charge on any atom is -0.494 e. The van der Waals surface area contributed by atoms with Gasteiger partial charge in [-0.2, -0.15) is 9.61 Å². The highest BCUT2D eigenvalue weighted by Gasteiger charge is 2.29. The van der Waals surface area contributed by atoms with E-state index in [1.165, 1.54) is 16.8 Å². The second-order valence-electron chi connectivity index (χ2n) is 6.83. The second-order valence-corrected chi connectivity index (χ2v) is 6.83. The van der Waals surface area contributed by atoms with Gasteiger partial charge in [-0.1, -0.05) is 13.8 Å². The van der Waals surface area contributed by atoms with Gasteiger partial charge in [-0.15, -0.1) is 0 Å². The lowest BCUT2D eigenvalue weighted by atomic mass is 10.2. The first-order valence-corrected chi connectivity index (χ1v) is 8.41. The van der Waals surface area contributed by atoms with Crippen LogP contribution in [-0.2, 0) is 11.3 Å². The first kappa shape index (κ1) is 17.7. The van der Waals surface area contributed by atoms with Crippen molar-refractivity contribution in [2.24, 2.45) is 11.7 Å². The summed E-state index contributed by atoms with van der Waals surface area (Å²) in [4.78, 5) is 36.2. The van der Waals surface area contributed by atoms with Gasteiger partial charge in [0.05, 0.1) is 6.20 Å². The van der Waals surface area contributed by atoms with Crippen LogP contribution >= 0.6 is 0 Å². The van der Waals surface area contributed by atoms with Crippen molar-refractivity contribution in [1.82, 2.24) is 19.5 Å². The van der Waals surface area contributed by atoms with E-state index in [0.29, 0.717) is 17.8 Å². The molecule has 9 heteroatoms. The molecule has 26 heavy (non-hydrogen) atoms. The zero-order valence-corrected chi connectivity index (χ0v) is 14.6. The van der Waals surface area contributed by atoms with Crippen molar-refractivity contribution in [2.45, 2.75) is 39.3 Å². The zero-order valence-electron chi connectivity index (χ0n) is 14.6. The standard InChI is InChI=1S/C17H21N5O4/c1-9(2)8-21-15-10(3-6-12(18)23)7-19-22(15)17(26)13(16(21)25)14(24)20-11-4-5-11/h3,6-7,9,11,25H,4-5,8H2,1-2H3,(H2,18,23)(H,20,24)/b6-3+. The van der Waals surface area contributed by atoms with Gasteiger partial charge in [0.1, 0.15) is 5.65 Å². The van der Waals surface area contributed by atoms with Gasteiger partial charge in [-0.3, -0.25) is 19.0 Å². The molecule has 0 saturated heterocycles. The van der Waals surface area contributed by atoms with E-state index in [-0.39, 0.29) is 17.5 Å². The van der Waals surface area contributed by atoms with Crippen LogP contribution in [0.15, 0.2) is 17.1 Å². The molecule has 2 amide bonds. The van der Waals surface area contributed by atoms with Crippen molar-refractivity contribution in [3.63, 3.8) is 0 Å². The third-order valence-corrected chi connectivity index (χ3v) is 4.03. The van der Waals surface area contributed by atoms with Gasteiger partial charge in [-0.05, 0) is 24.8 Å². The highest BCUT2D eigenvalue weighted by Crippen LogP contribution is 2.24. The molecule has 0 bridgehead atoms. The third kappa shape index (κ3) is 3.32. The molecule has 1 aliphatic carbocycles. The minimum atomic E-state index is -0.714. The van der Waals surface area contributed by atoms with Crippen LogP contribution in [0.1, 0.15) is 42.6 Å². The number of aromatic nitrogens is 3. The number of hydrogen-bond donors (Lipinski definition) is 3. The average molecular weight is 359 g/mol. The van der Waals surface area contributed by atoms with Gasteiger partial charge >= 0.3 is 0 Å². The van der Waals surface area contributed by atoms with Gasteiger partial charge in [0.2, 0.25) is 11.8 Å². The fourth-order valence-corrected chi connectivity index (χ4v) is 2.72. The van der Waals surface area contributed by atoms with Crippen molar-refractivity contribution < 1.29 is 14.7 Å². The lowest BCUT2D eigenvalue weighted by molar-refractivity contribution is -0.113. The maximum Gasteiger partial charge on any atom is 0.291 e. The summed E-state index contributed by atoms with van der Waals surface area (Å²) in [6.45, 7) is 4.23. The molecule has 2 aromatic heterocycles. The van der Waals surface area contributed by atoms with E-state index in [0.717, 1.165) is 23.4 Å². The molecule has 9 nitrogen and oxygen atoms in total. The number of carbonyl (C=O) groups is 2. The Morgan fingerprint density at radius 2 is 2.15 bits per heavy atom. The van der Waals surface area contributed by atoms with Crippen LogP contribution in [0.25, 0.3) is 11.7 Å². The molecule has 0 unspecified atom stereocenters. The van der Waals surface area contributed by atoms with Gasteiger partial charge in [-0.25, -0.2) is 0 Å². The van der Waals surface area contributed by atoms with Gasteiger partial charge < -0.3 is 16.2 Å². The normalized spacial score (nSPS) is 14.4. The molecule has 1 fully saturated rings. The Balaban J connectivity index is 2.23. The molecular formula is C17H21N5O4. The van der Waals surface area contributed by atoms with E-state index >= 15 is 0 Å². The maximum atomic E-state index is 12.7. The lowest BCUT2D eigenvalue weighted by Crippen LogP contribution is -2.34. The second kappa shape index (κ2) is 6.66. The van der Waals surface area contributed by atoms with Crippen LogP contribution in [0.2, 0.25) is 0 Å². The van der Waals surface area contributed by atoms with Crippen LogP contribution in [0.4, 0.5) is 0 Å². The summed E-state index contributed by atoms with van der Waals surface area (Å²) in [6, 6.07) is 0.0437. The number of rotatable bonds is 6. The van der Waals surface area contributed by atoms with E-state index in [1.807, 2.05) is 13.8 Å². The van der Waals surface area contributed by atoms with E-state index < -0.39 is 23.3 Å². The van der Waals surface area contributed by atoms with Crippen LogP contribution < -0.4 is 16.6 Å². The summed E-state index contributed by atoms with van der Waals surface area (Å²) in [5, 5.41) is 17.4. The van der Waals surface area contributed by atoms with Gasteiger partial charge in [0.15, 0.2) is 5.56 Å². The number of aromatic hydroxyl groups is 1. The fourth-order valence-electron chi connectivity index (χ4n) is 2.72. The maximum absolute atomic E-state index is 12.7. The number of nitrogens with zero attached hydrogens (tertiary/aromatic N) is 3. The predicted octanol–water partition coefficient (Wildman–Crippen LogP) is 0.248. The van der Waals surface area contributed by atoms with Crippen molar-refractivity contribution in [1.29, 1.82) is 0 Å². The quantitative estimate of drug-likeness (QED) is 0.636. The molecule has 1 saturated carbocycles. The molecular weight excluding hydrogens is 338 g/mol. The van der Waals surface area contributed by atoms with Crippen molar-refractivity contribution in [2.75, 3.05) is 0 Å². The molecule has 0 aliphatic heterocycles. The predicted molar refractivity (Wildman–Crippen MR) is 94.7 cm³/mol. The van der Waals surface area contributed by atoms with Crippen LogP contribution in [-0.4, -0.2) is 37.1 Å². The smallest absolute Gasteiger partial charge is 0.291 e. The number of fused-ring (bicyclic) bond motifs is 1. The highest BCUT2D eigenvalue weighted by molar-refractivity contribution is 5.97. The fraction of sp³-hybridized carbons (Fsp3) is 0.412. The molecule has 2 heterocycles. The first-order valence-electron chi connectivity index (χ1n) is 8.41. The molecule has 4 N–H and O–H groups in total. The molecule has 0 spiro atoms. The molecule has 0 radical (unpaired) electrons. The first-order chi connectivity index (χ1) is 12.3. The summed E-state index contributed by atoms with van der Waals surface area (Å²) in [7, 11) is 0. The monoisotopic (exact) mass is 359 g/mol. The van der Waals surface area contributed by atoms with E-state index in [9.17, 15) is 19.5 Å². The minimum absolute atomic E-state index is 0.0437. The van der Waals surface area contributed by atoms with Crippen molar-refractivity contribution in [3.8, 4) is 5.88 Å². The van der Waals surface area contributed by atoms with Crippen LogP contribution in [0, 0.1) is 5.92 Å². The van der Waals surface area contributed by atoms with Crippen LogP contribution in [0.5, 0.6) is 5.88 Å². The zero-order chi connectivity index (χ0) is 19.0. The number of amides is 2. The topological polar surface area (TPSA) is 132 Å². The third-order valence-electron chi connectivity index (χ3n) is 4.03. The SMILES string of the molecule is CC(C)Cn1c(O)c(C(=O)NC2CC2)c(=O)n2ncc(/C=C/C(N)=O)c12. The molecule has 1 aliphatic rings. The number of primary amides is 1. The number of nitrogens with two attached hydrogens (primary N) is 1. The molecule has 0 atom stereocenters. The van der Waals surface area contributed by atoms with E-state index in [4.69, 9.17) is 5.73 Å². The summed E-state index contributed by atoms with van der Waals surface area (Å²) in [5.74, 6) is -1.55. The van der Waals surface area contributed by atoms with E-state index in [1.54, 1.807) is 0 Å². The number of hydrogen-bond acceptors (Lipinski definition) is 5. The Bertz CT molecular complexity index is 966. The number of nitrogens with one attached hydrogen (secondary N) is 1. The lowest BCUT2D eigenvalue weighted by Gasteiger charge is -2.17. The Labute approximate surface area is 149 Å². The molecule has 3 rings (SSSR count). The molecule has 138 valence electrons. The average Bonchev–Trinajstić information content (AvgIpc) is 3.25. The largest absolute Gasteiger partial charge is 0.494 e. The Morgan fingerprint density at radius 3 is 2.73 bits per heavy atom. The summed E-state index contributed by atoms with van der Waals surface area (Å²) in [5.41, 5.74) is 4.81. The summed E-state index contributed by atoms with van der Waals surface area (Å²) >= 11 is 0. The summed E-state index contributed by atoms with van der Waals surface area (Å²) < 4.78 is 2.52. The van der Waals surface area contributed by atoms with Crippen LogP contribution in [0.3, 0.4) is 0 Å². The highest BCUT2D eigenvalue weighted by atomic mass is 16.3. The Hall–Kier alpha value is -3.10. The summed E-state index contributed by atoms with van der Waals surface area (Å²) in [6.07, 6.45) is 5.67. The Morgan fingerprint density at radius 1 is 1.46 bits per heavy atom. The number of carbonyl (C=O) groups excluding carboxylic acids is 2.